The lowest BCUT2D eigenvalue weighted by Crippen LogP contribution is -2.30. The largest absolute Gasteiger partial charge is 0.480 e. The SMILES string of the molecule is COc1ccc(C(=O)Nc2cc(N3CCCCC3)ncn2)nn1. The molecular formula is C15H18N6O2. The van der Waals surface area contributed by atoms with Crippen LogP contribution in [0.1, 0.15) is 29.8 Å². The third-order valence-corrected chi connectivity index (χ3v) is 3.66. The lowest BCUT2D eigenvalue weighted by molar-refractivity contribution is 0.102. The van der Waals surface area contributed by atoms with Crippen LogP contribution >= 0.6 is 0 Å². The quantitative estimate of drug-likeness (QED) is 0.914. The fraction of sp³-hybridized carbons (Fsp3) is 0.400. The van der Waals surface area contributed by atoms with Crippen molar-refractivity contribution in [3.8, 4) is 5.88 Å². The first kappa shape index (κ1) is 15.1. The molecule has 0 radical (unpaired) electrons. The number of methoxy groups -OCH3 is 1. The summed E-state index contributed by atoms with van der Waals surface area (Å²) in [5, 5.41) is 10.3. The minimum absolute atomic E-state index is 0.198. The van der Waals surface area contributed by atoms with Crippen molar-refractivity contribution in [1.29, 1.82) is 0 Å². The van der Waals surface area contributed by atoms with E-state index in [9.17, 15) is 4.79 Å². The molecule has 1 aliphatic heterocycles. The molecule has 2 aromatic heterocycles. The van der Waals surface area contributed by atoms with E-state index >= 15 is 0 Å². The average Bonchev–Trinajstić information content (AvgIpc) is 2.63. The van der Waals surface area contributed by atoms with Crippen LogP contribution in [0.25, 0.3) is 0 Å². The minimum Gasteiger partial charge on any atom is -0.480 e. The van der Waals surface area contributed by atoms with E-state index in [1.807, 2.05) is 0 Å². The monoisotopic (exact) mass is 314 g/mol. The number of amides is 1. The number of carbonyl (C=O) groups is 1. The molecule has 2 aromatic rings. The van der Waals surface area contributed by atoms with Gasteiger partial charge in [-0.1, -0.05) is 0 Å². The van der Waals surface area contributed by atoms with Gasteiger partial charge in [-0.05, 0) is 25.3 Å². The average molecular weight is 314 g/mol. The van der Waals surface area contributed by atoms with Gasteiger partial charge < -0.3 is 15.0 Å². The highest BCUT2D eigenvalue weighted by Gasteiger charge is 2.14. The molecule has 0 spiro atoms. The number of piperidine rings is 1. The molecule has 0 unspecified atom stereocenters. The summed E-state index contributed by atoms with van der Waals surface area (Å²) in [5.74, 6) is 1.26. The Balaban J connectivity index is 1.70. The second-order valence-corrected chi connectivity index (χ2v) is 5.22. The fourth-order valence-corrected chi connectivity index (χ4v) is 2.44. The summed E-state index contributed by atoms with van der Waals surface area (Å²) < 4.78 is 4.92. The Hall–Kier alpha value is -2.77. The minimum atomic E-state index is -0.372. The second kappa shape index (κ2) is 6.99. The molecule has 3 rings (SSSR count). The van der Waals surface area contributed by atoms with Crippen molar-refractivity contribution in [2.45, 2.75) is 19.3 Å². The van der Waals surface area contributed by atoms with Crippen LogP contribution in [0.2, 0.25) is 0 Å². The van der Waals surface area contributed by atoms with Crippen molar-refractivity contribution in [2.75, 3.05) is 30.4 Å². The lowest BCUT2D eigenvalue weighted by atomic mass is 10.1. The second-order valence-electron chi connectivity index (χ2n) is 5.22. The molecular weight excluding hydrogens is 296 g/mol. The summed E-state index contributed by atoms with van der Waals surface area (Å²) in [6.45, 7) is 1.96. The van der Waals surface area contributed by atoms with Crippen LogP contribution in [0.3, 0.4) is 0 Å². The molecule has 1 aliphatic rings. The topological polar surface area (TPSA) is 93.1 Å². The van der Waals surface area contributed by atoms with Gasteiger partial charge in [-0.25, -0.2) is 9.97 Å². The number of rotatable bonds is 4. The molecule has 1 saturated heterocycles. The van der Waals surface area contributed by atoms with E-state index in [-0.39, 0.29) is 11.6 Å². The zero-order chi connectivity index (χ0) is 16.1. The molecule has 0 aromatic carbocycles. The van der Waals surface area contributed by atoms with Gasteiger partial charge in [0.05, 0.1) is 7.11 Å². The van der Waals surface area contributed by atoms with Gasteiger partial charge in [-0.3, -0.25) is 4.79 Å². The first-order chi connectivity index (χ1) is 11.3. The van der Waals surface area contributed by atoms with Gasteiger partial charge in [0.1, 0.15) is 18.0 Å². The molecule has 0 saturated carbocycles. The Morgan fingerprint density at radius 3 is 2.70 bits per heavy atom. The number of carbonyl (C=O) groups excluding carboxylic acids is 1. The van der Waals surface area contributed by atoms with E-state index in [2.05, 4.69) is 30.4 Å². The van der Waals surface area contributed by atoms with Crippen LogP contribution in [0.15, 0.2) is 24.5 Å². The van der Waals surface area contributed by atoms with Gasteiger partial charge in [0.2, 0.25) is 5.88 Å². The molecule has 1 amide bonds. The number of hydrogen-bond acceptors (Lipinski definition) is 7. The molecule has 8 heteroatoms. The Bertz CT molecular complexity index is 670. The van der Waals surface area contributed by atoms with E-state index in [1.165, 1.54) is 19.9 Å². The van der Waals surface area contributed by atoms with E-state index in [0.717, 1.165) is 31.7 Å². The highest BCUT2D eigenvalue weighted by atomic mass is 16.5. The maximum absolute atomic E-state index is 12.2. The smallest absolute Gasteiger partial charge is 0.277 e. The van der Waals surface area contributed by atoms with Gasteiger partial charge in [0, 0.05) is 25.2 Å². The molecule has 0 aliphatic carbocycles. The number of anilines is 2. The van der Waals surface area contributed by atoms with Gasteiger partial charge in [0.25, 0.3) is 5.91 Å². The van der Waals surface area contributed by atoms with Crippen molar-refractivity contribution in [3.05, 3.63) is 30.2 Å². The van der Waals surface area contributed by atoms with Gasteiger partial charge in [0.15, 0.2) is 5.69 Å². The van der Waals surface area contributed by atoms with Gasteiger partial charge in [-0.2, -0.15) is 0 Å². The maximum atomic E-state index is 12.2. The molecule has 0 atom stereocenters. The van der Waals surface area contributed by atoms with Crippen LogP contribution < -0.4 is 15.0 Å². The lowest BCUT2D eigenvalue weighted by Gasteiger charge is -2.27. The number of nitrogens with one attached hydrogen (secondary N) is 1. The van der Waals surface area contributed by atoms with Crippen molar-refractivity contribution < 1.29 is 9.53 Å². The maximum Gasteiger partial charge on any atom is 0.277 e. The van der Waals surface area contributed by atoms with E-state index in [4.69, 9.17) is 4.74 Å². The van der Waals surface area contributed by atoms with Crippen LogP contribution in [-0.2, 0) is 0 Å². The van der Waals surface area contributed by atoms with Crippen molar-refractivity contribution in [3.63, 3.8) is 0 Å². The van der Waals surface area contributed by atoms with E-state index in [1.54, 1.807) is 18.2 Å². The van der Waals surface area contributed by atoms with Crippen LogP contribution in [0.4, 0.5) is 11.6 Å². The Morgan fingerprint density at radius 2 is 2.00 bits per heavy atom. The molecule has 23 heavy (non-hydrogen) atoms. The third kappa shape index (κ3) is 3.71. The Kier molecular flexibility index (Phi) is 4.60. The molecule has 120 valence electrons. The number of hydrogen-bond donors (Lipinski definition) is 1. The summed E-state index contributed by atoms with van der Waals surface area (Å²) in [7, 11) is 1.49. The highest BCUT2D eigenvalue weighted by molar-refractivity contribution is 6.02. The van der Waals surface area contributed by atoms with Crippen LogP contribution in [0.5, 0.6) is 5.88 Å². The fourth-order valence-electron chi connectivity index (χ4n) is 2.44. The standard InChI is InChI=1S/C15H18N6O2/c1-23-14-6-5-11(19-20-14)15(22)18-12-9-13(17-10-16-12)21-7-3-2-4-8-21/h5-6,9-10H,2-4,7-8H2,1H3,(H,16,17,18,22). The van der Waals surface area contributed by atoms with Gasteiger partial charge in [-0.15, -0.1) is 10.2 Å². The summed E-state index contributed by atoms with van der Waals surface area (Å²) in [6.07, 6.45) is 5.03. The summed E-state index contributed by atoms with van der Waals surface area (Å²) in [5.41, 5.74) is 0.198. The zero-order valence-corrected chi connectivity index (χ0v) is 12.9. The Labute approximate surface area is 133 Å². The van der Waals surface area contributed by atoms with Gasteiger partial charge >= 0.3 is 0 Å². The van der Waals surface area contributed by atoms with Crippen molar-refractivity contribution in [2.24, 2.45) is 0 Å². The molecule has 8 nitrogen and oxygen atoms in total. The molecule has 0 bridgehead atoms. The molecule has 1 N–H and O–H groups in total. The van der Waals surface area contributed by atoms with E-state index < -0.39 is 0 Å². The Morgan fingerprint density at radius 1 is 1.17 bits per heavy atom. The van der Waals surface area contributed by atoms with Crippen LogP contribution in [0, 0.1) is 0 Å². The summed E-state index contributed by atoms with van der Waals surface area (Å²) in [6, 6.07) is 4.91. The first-order valence-corrected chi connectivity index (χ1v) is 7.52. The normalized spacial score (nSPS) is 14.4. The number of ether oxygens (including phenoxy) is 1. The van der Waals surface area contributed by atoms with Crippen molar-refractivity contribution >= 4 is 17.5 Å². The third-order valence-electron chi connectivity index (χ3n) is 3.66. The van der Waals surface area contributed by atoms with Crippen molar-refractivity contribution in [1.82, 2.24) is 20.2 Å². The molecule has 1 fully saturated rings. The molecule has 3 heterocycles. The number of aromatic nitrogens is 4. The highest BCUT2D eigenvalue weighted by Crippen LogP contribution is 2.19. The number of nitrogens with zero attached hydrogens (tertiary/aromatic N) is 5. The zero-order valence-electron chi connectivity index (χ0n) is 12.9. The predicted octanol–water partition coefficient (Wildman–Crippen LogP) is 1.52. The predicted molar refractivity (Wildman–Crippen MR) is 84.6 cm³/mol. The van der Waals surface area contributed by atoms with Crippen LogP contribution in [-0.4, -0.2) is 46.3 Å². The first-order valence-electron chi connectivity index (χ1n) is 7.52. The summed E-state index contributed by atoms with van der Waals surface area (Å²) in [4.78, 5) is 22.8. The summed E-state index contributed by atoms with van der Waals surface area (Å²) >= 11 is 0. The van der Waals surface area contributed by atoms with E-state index in [0.29, 0.717) is 11.7 Å².